The van der Waals surface area contributed by atoms with Gasteiger partial charge in [0.15, 0.2) is 0 Å². The summed E-state index contributed by atoms with van der Waals surface area (Å²) in [5.74, 6) is 1.02. The minimum Gasteiger partial charge on any atom is -0.480 e. The van der Waals surface area contributed by atoms with Crippen molar-refractivity contribution in [3.05, 3.63) is 64.6 Å². The van der Waals surface area contributed by atoms with Crippen LogP contribution in [0.25, 0.3) is 31.8 Å². The number of carbonyl (C=O) groups is 1. The average molecular weight is 548 g/mol. The Morgan fingerprint density at radius 1 is 1.13 bits per heavy atom. The summed E-state index contributed by atoms with van der Waals surface area (Å²) in [5.41, 5.74) is 6.37. The molecule has 1 aliphatic rings. The molecule has 1 atom stereocenters. The number of halogens is 1. The molecular formula is C27H22ClN5O4S. The molecule has 6 rings (SSSR count). The Labute approximate surface area is 227 Å². The number of pyridine rings is 1. The lowest BCUT2D eigenvalue weighted by Crippen LogP contribution is -2.32. The maximum atomic E-state index is 12.8. The zero-order chi connectivity index (χ0) is 26.6. The van der Waals surface area contributed by atoms with Crippen LogP contribution in [0.15, 0.2) is 42.7 Å². The molecule has 192 valence electrons. The lowest BCUT2D eigenvalue weighted by Gasteiger charge is -2.19. The smallest absolute Gasteiger partial charge is 0.417 e. The molecule has 0 fully saturated rings. The second kappa shape index (κ2) is 9.38. The van der Waals surface area contributed by atoms with Gasteiger partial charge < -0.3 is 14.2 Å². The number of fused-ring (bicyclic) bond motifs is 4. The second-order valence-corrected chi connectivity index (χ2v) is 10.4. The Kier molecular flexibility index (Phi) is 6.00. The molecule has 1 aliphatic heterocycles. The third kappa shape index (κ3) is 4.25. The summed E-state index contributed by atoms with van der Waals surface area (Å²) < 4.78 is 17.8. The molecule has 0 spiro atoms. The van der Waals surface area contributed by atoms with Crippen LogP contribution in [0.5, 0.6) is 11.6 Å². The van der Waals surface area contributed by atoms with Gasteiger partial charge in [-0.05, 0) is 43.7 Å². The van der Waals surface area contributed by atoms with Crippen molar-refractivity contribution in [2.24, 2.45) is 0 Å². The van der Waals surface area contributed by atoms with Crippen LogP contribution in [0.3, 0.4) is 0 Å². The van der Waals surface area contributed by atoms with Crippen LogP contribution in [0, 0.1) is 13.8 Å². The van der Waals surface area contributed by atoms with Crippen LogP contribution >= 0.6 is 22.9 Å². The number of methoxy groups -OCH3 is 1. The Morgan fingerprint density at radius 3 is 2.74 bits per heavy atom. The second-order valence-electron chi connectivity index (χ2n) is 8.98. The number of benzene rings is 2. The van der Waals surface area contributed by atoms with Gasteiger partial charge >= 0.3 is 6.09 Å². The van der Waals surface area contributed by atoms with Gasteiger partial charge in [-0.3, -0.25) is 9.88 Å². The van der Waals surface area contributed by atoms with Crippen molar-refractivity contribution in [3.8, 4) is 22.2 Å². The number of aryl methyl sites for hydroxylation is 2. The van der Waals surface area contributed by atoms with Gasteiger partial charge in [0.25, 0.3) is 0 Å². The number of carbonyl (C=O) groups excluding carboxylic acids is 1. The van der Waals surface area contributed by atoms with Gasteiger partial charge in [-0.2, -0.15) is 0 Å². The van der Waals surface area contributed by atoms with E-state index in [1.165, 1.54) is 16.2 Å². The SMILES string of the molecule is COc1cnc2c(-c3nc4c(Cl)cc5c(c4s3)C[C@H](OC(=O)N(C)c3ccc(C)nc3)O5)cc(C)cc2n1. The van der Waals surface area contributed by atoms with Crippen LogP contribution in [0.2, 0.25) is 5.02 Å². The Balaban J connectivity index is 1.32. The third-order valence-corrected chi connectivity index (χ3v) is 7.75. The summed E-state index contributed by atoms with van der Waals surface area (Å²) in [6.45, 7) is 3.88. The number of anilines is 1. The van der Waals surface area contributed by atoms with E-state index >= 15 is 0 Å². The number of amides is 1. The van der Waals surface area contributed by atoms with E-state index in [1.807, 2.05) is 38.1 Å². The fourth-order valence-electron chi connectivity index (χ4n) is 4.36. The number of hydrogen-bond donors (Lipinski definition) is 0. The standard InChI is InChI=1S/C27H22ClN5O4S/c1-13-7-17(23-19(8-13)31-21(35-4)12-30-23)26-32-24-18(28)10-20-16(25(24)38-26)9-22(36-20)37-27(34)33(3)15-6-5-14(2)29-11-15/h5-8,10-12,22H,9H2,1-4H3/t22-/m0/s1. The molecule has 0 unspecified atom stereocenters. The van der Waals surface area contributed by atoms with Crippen LogP contribution in [0.1, 0.15) is 16.8 Å². The number of hydrogen-bond acceptors (Lipinski definition) is 9. The first kappa shape index (κ1) is 24.3. The average Bonchev–Trinajstić information content (AvgIpc) is 3.52. The van der Waals surface area contributed by atoms with E-state index in [0.29, 0.717) is 34.3 Å². The van der Waals surface area contributed by atoms with Crippen LogP contribution < -0.4 is 14.4 Å². The molecule has 0 aliphatic carbocycles. The predicted molar refractivity (Wildman–Crippen MR) is 146 cm³/mol. The normalized spacial score (nSPS) is 14.4. The van der Waals surface area contributed by atoms with E-state index in [2.05, 4.69) is 15.0 Å². The van der Waals surface area contributed by atoms with E-state index < -0.39 is 12.4 Å². The zero-order valence-corrected chi connectivity index (χ0v) is 22.6. The van der Waals surface area contributed by atoms with Gasteiger partial charge in [0.1, 0.15) is 16.3 Å². The van der Waals surface area contributed by atoms with E-state index in [-0.39, 0.29) is 0 Å². The maximum absolute atomic E-state index is 12.8. The largest absolute Gasteiger partial charge is 0.480 e. The van der Waals surface area contributed by atoms with Crippen LogP contribution in [0.4, 0.5) is 10.5 Å². The highest BCUT2D eigenvalue weighted by Gasteiger charge is 2.32. The number of nitrogens with zero attached hydrogens (tertiary/aromatic N) is 5. The first-order valence-electron chi connectivity index (χ1n) is 11.8. The van der Waals surface area contributed by atoms with E-state index in [4.69, 9.17) is 30.8 Å². The lowest BCUT2D eigenvalue weighted by molar-refractivity contribution is -0.0127. The summed E-state index contributed by atoms with van der Waals surface area (Å²) in [5, 5.41) is 1.22. The quantitative estimate of drug-likeness (QED) is 0.265. The monoisotopic (exact) mass is 547 g/mol. The number of ether oxygens (including phenoxy) is 3. The predicted octanol–water partition coefficient (Wildman–Crippen LogP) is 6.11. The van der Waals surface area contributed by atoms with Crippen molar-refractivity contribution in [1.82, 2.24) is 19.9 Å². The molecule has 4 heterocycles. The summed E-state index contributed by atoms with van der Waals surface area (Å²) >= 11 is 8.12. The third-order valence-electron chi connectivity index (χ3n) is 6.31. The van der Waals surface area contributed by atoms with Crippen molar-refractivity contribution in [2.75, 3.05) is 19.1 Å². The summed E-state index contributed by atoms with van der Waals surface area (Å²) in [4.78, 5) is 32.4. The topological polar surface area (TPSA) is 99.6 Å². The molecule has 5 aromatic rings. The van der Waals surface area contributed by atoms with Crippen molar-refractivity contribution in [2.45, 2.75) is 26.6 Å². The van der Waals surface area contributed by atoms with Crippen molar-refractivity contribution >= 4 is 56.0 Å². The molecule has 0 N–H and O–H groups in total. The summed E-state index contributed by atoms with van der Waals surface area (Å²) in [6, 6.07) is 9.37. The molecule has 0 saturated heterocycles. The van der Waals surface area contributed by atoms with Gasteiger partial charge in [-0.1, -0.05) is 11.6 Å². The molecule has 2 aromatic carbocycles. The highest BCUT2D eigenvalue weighted by molar-refractivity contribution is 7.22. The first-order valence-corrected chi connectivity index (χ1v) is 13.0. The molecule has 11 heteroatoms. The summed E-state index contributed by atoms with van der Waals surface area (Å²) in [7, 11) is 3.19. The molecular weight excluding hydrogens is 526 g/mol. The van der Waals surface area contributed by atoms with E-state index in [0.717, 1.165) is 43.1 Å². The number of aromatic nitrogens is 4. The van der Waals surface area contributed by atoms with Gasteiger partial charge in [0.2, 0.25) is 12.2 Å². The Bertz CT molecular complexity index is 1720. The molecule has 9 nitrogen and oxygen atoms in total. The van der Waals surface area contributed by atoms with Gasteiger partial charge in [-0.25, -0.2) is 19.7 Å². The highest BCUT2D eigenvalue weighted by Crippen LogP contribution is 2.44. The fourth-order valence-corrected chi connectivity index (χ4v) is 5.81. The maximum Gasteiger partial charge on any atom is 0.417 e. The number of rotatable bonds is 4. The molecule has 0 saturated carbocycles. The number of thiazole rings is 1. The van der Waals surface area contributed by atoms with E-state index in [1.54, 1.807) is 32.6 Å². The van der Waals surface area contributed by atoms with Crippen LogP contribution in [-0.4, -0.2) is 46.5 Å². The Morgan fingerprint density at radius 2 is 1.97 bits per heavy atom. The molecule has 0 bridgehead atoms. The lowest BCUT2D eigenvalue weighted by atomic mass is 10.1. The minimum absolute atomic E-state index is 0.377. The van der Waals surface area contributed by atoms with Crippen LogP contribution in [-0.2, 0) is 11.2 Å². The van der Waals surface area contributed by atoms with Crippen molar-refractivity contribution in [1.29, 1.82) is 0 Å². The molecule has 38 heavy (non-hydrogen) atoms. The first-order chi connectivity index (χ1) is 18.3. The van der Waals surface area contributed by atoms with Gasteiger partial charge in [0, 0.05) is 29.9 Å². The van der Waals surface area contributed by atoms with Gasteiger partial charge in [0.05, 0.1) is 52.4 Å². The zero-order valence-electron chi connectivity index (χ0n) is 21.0. The van der Waals surface area contributed by atoms with Crippen molar-refractivity contribution < 1.29 is 19.0 Å². The Hall–Kier alpha value is -4.02. The summed E-state index contributed by atoms with van der Waals surface area (Å²) in [6.07, 6.45) is 2.26. The molecule has 0 radical (unpaired) electrons. The molecule has 3 aromatic heterocycles. The fraction of sp³-hybridized carbons (Fsp3) is 0.222. The van der Waals surface area contributed by atoms with Crippen molar-refractivity contribution in [3.63, 3.8) is 0 Å². The van der Waals surface area contributed by atoms with Gasteiger partial charge in [-0.15, -0.1) is 11.3 Å². The highest BCUT2D eigenvalue weighted by atomic mass is 35.5. The minimum atomic E-state index is -0.788. The molecule has 1 amide bonds. The van der Waals surface area contributed by atoms with E-state index in [9.17, 15) is 4.79 Å².